The highest BCUT2D eigenvalue weighted by Gasteiger charge is 2.21. The fourth-order valence-corrected chi connectivity index (χ4v) is 3.77. The van der Waals surface area contributed by atoms with Gasteiger partial charge < -0.3 is 9.26 Å². The third kappa shape index (κ3) is 5.73. The van der Waals surface area contributed by atoms with Gasteiger partial charge in [-0.2, -0.15) is 0 Å². The first-order valence-electron chi connectivity index (χ1n) is 10.2. The van der Waals surface area contributed by atoms with E-state index in [-0.39, 0.29) is 6.10 Å². The van der Waals surface area contributed by atoms with Gasteiger partial charge in [-0.05, 0) is 31.2 Å². The van der Waals surface area contributed by atoms with Gasteiger partial charge in [-0.3, -0.25) is 14.8 Å². The highest BCUT2D eigenvalue weighted by atomic mass is 16.5. The zero-order chi connectivity index (χ0) is 19.9. The minimum atomic E-state index is 0.185. The molecule has 29 heavy (non-hydrogen) atoms. The Balaban J connectivity index is 1.31. The molecule has 0 amide bonds. The maximum absolute atomic E-state index is 6.11. The van der Waals surface area contributed by atoms with Crippen LogP contribution in [0.1, 0.15) is 17.7 Å². The maximum Gasteiger partial charge on any atom is 0.151 e. The van der Waals surface area contributed by atoms with Crippen LogP contribution in [-0.4, -0.2) is 59.3 Å². The summed E-state index contributed by atoms with van der Waals surface area (Å²) in [6.45, 7) is 5.35. The first kappa shape index (κ1) is 19.8. The molecule has 0 saturated carbocycles. The van der Waals surface area contributed by atoms with E-state index >= 15 is 0 Å². The minimum absolute atomic E-state index is 0.185. The van der Waals surface area contributed by atoms with Gasteiger partial charge >= 0.3 is 0 Å². The van der Waals surface area contributed by atoms with E-state index in [2.05, 4.69) is 57.3 Å². The van der Waals surface area contributed by atoms with Gasteiger partial charge in [-0.15, -0.1) is 0 Å². The Kier molecular flexibility index (Phi) is 6.67. The number of pyridine rings is 1. The summed E-state index contributed by atoms with van der Waals surface area (Å²) >= 11 is 0. The Labute approximate surface area is 172 Å². The molecule has 2 aromatic heterocycles. The molecule has 1 saturated heterocycles. The van der Waals surface area contributed by atoms with Crippen molar-refractivity contribution in [2.75, 3.05) is 33.3 Å². The molecular formula is C23H28N4O2. The van der Waals surface area contributed by atoms with Crippen LogP contribution in [0.25, 0.3) is 11.4 Å². The second-order valence-corrected chi connectivity index (χ2v) is 7.66. The van der Waals surface area contributed by atoms with Gasteiger partial charge in [0, 0.05) is 45.0 Å². The molecule has 1 aromatic carbocycles. The smallest absolute Gasteiger partial charge is 0.151 e. The first-order chi connectivity index (χ1) is 14.3. The Morgan fingerprint density at radius 3 is 2.79 bits per heavy atom. The molecule has 0 aliphatic carbocycles. The number of ether oxygens (including phenoxy) is 1. The van der Waals surface area contributed by atoms with Crippen molar-refractivity contribution in [1.82, 2.24) is 19.9 Å². The normalized spacial score (nSPS) is 18.1. The monoisotopic (exact) mass is 392 g/mol. The third-order valence-corrected chi connectivity index (χ3v) is 5.11. The summed E-state index contributed by atoms with van der Waals surface area (Å²) in [7, 11) is 2.10. The average molecular weight is 393 g/mol. The second kappa shape index (κ2) is 9.78. The number of aromatic nitrogens is 2. The van der Waals surface area contributed by atoms with E-state index in [9.17, 15) is 0 Å². The molecule has 1 atom stereocenters. The van der Waals surface area contributed by atoms with Gasteiger partial charge in [0.1, 0.15) is 5.69 Å². The van der Waals surface area contributed by atoms with Crippen LogP contribution in [0, 0.1) is 0 Å². The van der Waals surface area contributed by atoms with Crippen LogP contribution < -0.4 is 0 Å². The maximum atomic E-state index is 6.11. The average Bonchev–Trinajstić information content (AvgIpc) is 3.09. The Morgan fingerprint density at radius 1 is 1.10 bits per heavy atom. The van der Waals surface area contributed by atoms with Crippen molar-refractivity contribution in [1.29, 1.82) is 0 Å². The van der Waals surface area contributed by atoms with E-state index in [4.69, 9.17) is 9.26 Å². The second-order valence-electron chi connectivity index (χ2n) is 7.66. The predicted molar refractivity (Wildman–Crippen MR) is 112 cm³/mol. The first-order valence-corrected chi connectivity index (χ1v) is 10.2. The molecule has 4 rings (SSSR count). The number of likely N-dealkylation sites (N-methyl/N-ethyl adjacent to an activating group) is 1. The van der Waals surface area contributed by atoms with E-state index in [0.717, 1.165) is 56.4 Å². The zero-order valence-electron chi connectivity index (χ0n) is 16.9. The van der Waals surface area contributed by atoms with Crippen molar-refractivity contribution in [3.05, 3.63) is 72.1 Å². The van der Waals surface area contributed by atoms with E-state index in [1.54, 1.807) is 6.20 Å². The van der Waals surface area contributed by atoms with E-state index < -0.39 is 0 Å². The lowest BCUT2D eigenvalue weighted by molar-refractivity contribution is 0.0283. The van der Waals surface area contributed by atoms with Crippen molar-refractivity contribution in [2.45, 2.75) is 25.6 Å². The number of nitrogens with zero attached hydrogens (tertiary/aromatic N) is 4. The van der Waals surface area contributed by atoms with Crippen LogP contribution in [0.4, 0.5) is 0 Å². The summed E-state index contributed by atoms with van der Waals surface area (Å²) in [6.07, 6.45) is 3.02. The topological polar surface area (TPSA) is 54.6 Å². The summed E-state index contributed by atoms with van der Waals surface area (Å²) in [6, 6.07) is 18.4. The molecule has 1 unspecified atom stereocenters. The van der Waals surface area contributed by atoms with Gasteiger partial charge in [0.25, 0.3) is 0 Å². The Hall–Kier alpha value is -2.54. The summed E-state index contributed by atoms with van der Waals surface area (Å²) in [5.41, 5.74) is 2.95. The molecule has 1 fully saturated rings. The molecule has 1 aliphatic heterocycles. The van der Waals surface area contributed by atoms with Crippen LogP contribution in [0.3, 0.4) is 0 Å². The number of benzene rings is 1. The molecule has 0 radical (unpaired) electrons. The fraction of sp³-hybridized carbons (Fsp3) is 0.391. The largest absolute Gasteiger partial charge is 0.376 e. The molecule has 0 N–H and O–H groups in total. The van der Waals surface area contributed by atoms with Gasteiger partial charge in [0.2, 0.25) is 0 Å². The Bertz CT molecular complexity index is 869. The minimum Gasteiger partial charge on any atom is -0.376 e. The molecule has 6 nitrogen and oxygen atoms in total. The number of hydrogen-bond acceptors (Lipinski definition) is 6. The standard InChI is InChI=1S/C23H28N4O2/c1-26(16-20-14-23(25-29-20)22-10-5-6-11-24-22)17-21-18-27(12-7-13-28-21)15-19-8-3-2-4-9-19/h2-6,8-11,14,21H,7,12-13,15-18H2,1H3. The number of hydrogen-bond donors (Lipinski definition) is 0. The molecule has 0 bridgehead atoms. The fourth-order valence-electron chi connectivity index (χ4n) is 3.77. The van der Waals surface area contributed by atoms with Gasteiger partial charge in [-0.25, -0.2) is 0 Å². The molecule has 152 valence electrons. The third-order valence-electron chi connectivity index (χ3n) is 5.11. The van der Waals surface area contributed by atoms with Crippen molar-refractivity contribution < 1.29 is 9.26 Å². The van der Waals surface area contributed by atoms with Gasteiger partial charge in [0.05, 0.1) is 18.3 Å². The summed E-state index contributed by atoms with van der Waals surface area (Å²) in [5, 5.41) is 4.16. The quantitative estimate of drug-likeness (QED) is 0.614. The van der Waals surface area contributed by atoms with Gasteiger partial charge in [0.15, 0.2) is 5.76 Å². The lowest BCUT2D eigenvalue weighted by Crippen LogP contribution is -2.38. The summed E-state index contributed by atoms with van der Waals surface area (Å²) < 4.78 is 11.6. The highest BCUT2D eigenvalue weighted by Crippen LogP contribution is 2.18. The van der Waals surface area contributed by atoms with E-state index in [0.29, 0.717) is 6.54 Å². The zero-order valence-corrected chi connectivity index (χ0v) is 16.9. The molecular weight excluding hydrogens is 364 g/mol. The highest BCUT2D eigenvalue weighted by molar-refractivity contribution is 5.52. The molecule has 0 spiro atoms. The van der Waals surface area contributed by atoms with Crippen molar-refractivity contribution >= 4 is 0 Å². The molecule has 6 heteroatoms. The van der Waals surface area contributed by atoms with Crippen LogP contribution in [0.5, 0.6) is 0 Å². The molecule has 3 aromatic rings. The lowest BCUT2D eigenvalue weighted by atomic mass is 10.2. The summed E-state index contributed by atoms with van der Waals surface area (Å²) in [5.74, 6) is 0.836. The van der Waals surface area contributed by atoms with Crippen LogP contribution in [0.15, 0.2) is 65.3 Å². The van der Waals surface area contributed by atoms with E-state index in [1.807, 2.05) is 24.3 Å². The van der Waals surface area contributed by atoms with Crippen molar-refractivity contribution in [3.8, 4) is 11.4 Å². The van der Waals surface area contributed by atoms with Crippen molar-refractivity contribution in [3.63, 3.8) is 0 Å². The van der Waals surface area contributed by atoms with Gasteiger partial charge in [-0.1, -0.05) is 41.6 Å². The lowest BCUT2D eigenvalue weighted by Gasteiger charge is -2.26. The molecule has 1 aliphatic rings. The molecule has 3 heterocycles. The van der Waals surface area contributed by atoms with Crippen LogP contribution in [-0.2, 0) is 17.8 Å². The van der Waals surface area contributed by atoms with Crippen molar-refractivity contribution in [2.24, 2.45) is 0 Å². The Morgan fingerprint density at radius 2 is 1.97 bits per heavy atom. The van der Waals surface area contributed by atoms with Crippen LogP contribution in [0.2, 0.25) is 0 Å². The SMILES string of the molecule is CN(Cc1cc(-c2ccccn2)no1)CC1CN(Cc2ccccc2)CCCO1. The van der Waals surface area contributed by atoms with E-state index in [1.165, 1.54) is 5.56 Å². The summed E-state index contributed by atoms with van der Waals surface area (Å²) in [4.78, 5) is 9.06. The number of rotatable bonds is 7. The van der Waals surface area contributed by atoms with Crippen LogP contribution >= 0.6 is 0 Å². The predicted octanol–water partition coefficient (Wildman–Crippen LogP) is 3.46.